The number of benzene rings is 1. The fraction of sp³-hybridized carbons (Fsp3) is 0.381. The molecule has 2 amide bonds. The van der Waals surface area contributed by atoms with Gasteiger partial charge >= 0.3 is 6.09 Å². The summed E-state index contributed by atoms with van der Waals surface area (Å²) in [5, 5.41) is 3.29. The first kappa shape index (κ1) is 20.4. The third-order valence-electron chi connectivity index (χ3n) is 4.73. The number of ether oxygens (including phenoxy) is 2. The number of amides is 2. The zero-order valence-electron chi connectivity index (χ0n) is 16.8. The molecule has 0 unspecified atom stereocenters. The molecule has 2 aromatic rings. The second-order valence-corrected chi connectivity index (χ2v) is 6.61. The molecular formula is C21H26N4O4. The van der Waals surface area contributed by atoms with Gasteiger partial charge in [-0.05, 0) is 36.8 Å². The van der Waals surface area contributed by atoms with Gasteiger partial charge in [-0.25, -0.2) is 9.78 Å². The number of anilines is 1. The first-order valence-electron chi connectivity index (χ1n) is 9.64. The molecule has 29 heavy (non-hydrogen) atoms. The molecule has 1 fully saturated rings. The summed E-state index contributed by atoms with van der Waals surface area (Å²) < 4.78 is 10.2. The Labute approximate surface area is 170 Å². The highest BCUT2D eigenvalue weighted by Gasteiger charge is 2.26. The number of hydrogen-bond acceptors (Lipinski definition) is 6. The van der Waals surface area contributed by atoms with Crippen molar-refractivity contribution in [1.82, 2.24) is 14.8 Å². The Morgan fingerprint density at radius 1 is 1.03 bits per heavy atom. The average Bonchev–Trinajstić information content (AvgIpc) is 2.78. The van der Waals surface area contributed by atoms with Crippen molar-refractivity contribution in [2.24, 2.45) is 0 Å². The number of rotatable bonds is 6. The number of piperazine rings is 1. The lowest BCUT2D eigenvalue weighted by atomic mass is 10.2. The Hall–Kier alpha value is -3.29. The summed E-state index contributed by atoms with van der Waals surface area (Å²) in [5.74, 6) is 0.691. The van der Waals surface area contributed by atoms with Crippen molar-refractivity contribution < 1.29 is 19.1 Å². The maximum absolute atomic E-state index is 12.6. The maximum Gasteiger partial charge on any atom is 0.409 e. The van der Waals surface area contributed by atoms with Gasteiger partial charge in [-0.3, -0.25) is 4.79 Å². The third kappa shape index (κ3) is 5.37. The molecule has 8 nitrogen and oxygen atoms in total. The van der Waals surface area contributed by atoms with E-state index in [0.29, 0.717) is 45.0 Å². The van der Waals surface area contributed by atoms with E-state index >= 15 is 0 Å². The Morgan fingerprint density at radius 3 is 2.31 bits per heavy atom. The standard InChI is InChI=1S/C21H26N4O4/c1-3-29-21(27)25-12-10-24(11-13-25)20(26)19-9-6-17(15-23-19)22-14-16-4-7-18(28-2)8-5-16/h4-9,15,22H,3,10-14H2,1-2H3. The first-order chi connectivity index (χ1) is 14.1. The van der Waals surface area contributed by atoms with Crippen LogP contribution >= 0.6 is 0 Å². The molecule has 0 spiro atoms. The monoisotopic (exact) mass is 398 g/mol. The van der Waals surface area contributed by atoms with E-state index in [-0.39, 0.29) is 12.0 Å². The number of carbonyl (C=O) groups excluding carboxylic acids is 2. The van der Waals surface area contributed by atoms with Crippen molar-refractivity contribution in [3.63, 3.8) is 0 Å². The van der Waals surface area contributed by atoms with Gasteiger partial charge in [0.2, 0.25) is 0 Å². The number of nitrogens with one attached hydrogen (secondary N) is 1. The van der Waals surface area contributed by atoms with Gasteiger partial charge in [0.15, 0.2) is 0 Å². The van der Waals surface area contributed by atoms with Gasteiger partial charge in [-0.15, -0.1) is 0 Å². The predicted molar refractivity (Wildman–Crippen MR) is 109 cm³/mol. The summed E-state index contributed by atoms with van der Waals surface area (Å²) in [6.07, 6.45) is 1.33. The topological polar surface area (TPSA) is 84.0 Å². The molecule has 0 saturated carbocycles. The maximum atomic E-state index is 12.6. The quantitative estimate of drug-likeness (QED) is 0.805. The van der Waals surface area contributed by atoms with E-state index in [0.717, 1.165) is 17.0 Å². The molecule has 1 aliphatic rings. The number of aromatic nitrogens is 1. The van der Waals surface area contributed by atoms with Crippen molar-refractivity contribution >= 4 is 17.7 Å². The van der Waals surface area contributed by atoms with E-state index in [2.05, 4.69) is 10.3 Å². The van der Waals surface area contributed by atoms with Gasteiger partial charge in [0.05, 0.1) is 25.6 Å². The number of pyridine rings is 1. The van der Waals surface area contributed by atoms with Gasteiger partial charge in [-0.2, -0.15) is 0 Å². The van der Waals surface area contributed by atoms with E-state index < -0.39 is 0 Å². The average molecular weight is 398 g/mol. The van der Waals surface area contributed by atoms with Crippen molar-refractivity contribution in [2.45, 2.75) is 13.5 Å². The minimum atomic E-state index is -0.329. The predicted octanol–water partition coefficient (Wildman–Crippen LogP) is 2.62. The Balaban J connectivity index is 1.50. The molecule has 1 saturated heterocycles. The van der Waals surface area contributed by atoms with Gasteiger partial charge < -0.3 is 24.6 Å². The summed E-state index contributed by atoms with van der Waals surface area (Å²) in [6.45, 7) is 4.64. The molecular weight excluding hydrogens is 372 g/mol. The summed E-state index contributed by atoms with van der Waals surface area (Å²) >= 11 is 0. The minimum absolute atomic E-state index is 0.129. The summed E-state index contributed by atoms with van der Waals surface area (Å²) in [5.41, 5.74) is 2.35. The van der Waals surface area contributed by atoms with Crippen LogP contribution in [-0.2, 0) is 11.3 Å². The highest BCUT2D eigenvalue weighted by atomic mass is 16.6. The van der Waals surface area contributed by atoms with Crippen LogP contribution in [0.15, 0.2) is 42.6 Å². The fourth-order valence-electron chi connectivity index (χ4n) is 3.04. The summed E-state index contributed by atoms with van der Waals surface area (Å²) in [7, 11) is 1.64. The Morgan fingerprint density at radius 2 is 1.72 bits per heavy atom. The molecule has 1 aliphatic heterocycles. The molecule has 1 aromatic carbocycles. The van der Waals surface area contributed by atoms with Crippen LogP contribution in [0.5, 0.6) is 5.75 Å². The van der Waals surface area contributed by atoms with E-state index in [1.165, 1.54) is 0 Å². The lowest BCUT2D eigenvalue weighted by Gasteiger charge is -2.33. The van der Waals surface area contributed by atoms with Crippen LogP contribution in [0.1, 0.15) is 23.0 Å². The molecule has 1 aromatic heterocycles. The summed E-state index contributed by atoms with van der Waals surface area (Å²) in [4.78, 5) is 32.0. The molecule has 3 rings (SSSR count). The van der Waals surface area contributed by atoms with Crippen LogP contribution in [0.25, 0.3) is 0 Å². The minimum Gasteiger partial charge on any atom is -0.497 e. The number of hydrogen-bond donors (Lipinski definition) is 1. The lowest BCUT2D eigenvalue weighted by Crippen LogP contribution is -2.50. The van der Waals surface area contributed by atoms with E-state index in [1.54, 1.807) is 36.1 Å². The number of carbonyl (C=O) groups is 2. The van der Waals surface area contributed by atoms with Crippen molar-refractivity contribution in [1.29, 1.82) is 0 Å². The number of nitrogens with zero attached hydrogens (tertiary/aromatic N) is 3. The highest BCUT2D eigenvalue weighted by Crippen LogP contribution is 2.14. The molecule has 154 valence electrons. The van der Waals surface area contributed by atoms with Crippen LogP contribution in [0.4, 0.5) is 10.5 Å². The van der Waals surface area contributed by atoms with Gasteiger partial charge in [-0.1, -0.05) is 12.1 Å². The van der Waals surface area contributed by atoms with Crippen molar-refractivity contribution in [3.05, 3.63) is 53.9 Å². The van der Waals surface area contributed by atoms with Gasteiger partial charge in [0.1, 0.15) is 11.4 Å². The molecule has 0 radical (unpaired) electrons. The summed E-state index contributed by atoms with van der Waals surface area (Å²) in [6, 6.07) is 11.4. The van der Waals surface area contributed by atoms with Crippen LogP contribution in [0, 0.1) is 0 Å². The zero-order valence-corrected chi connectivity index (χ0v) is 16.8. The second kappa shape index (κ2) is 9.77. The first-order valence-corrected chi connectivity index (χ1v) is 9.64. The van der Waals surface area contributed by atoms with Crippen molar-refractivity contribution in [2.75, 3.05) is 45.2 Å². The molecule has 0 aliphatic carbocycles. The van der Waals surface area contributed by atoms with E-state index in [9.17, 15) is 9.59 Å². The number of methoxy groups -OCH3 is 1. The Bertz CT molecular complexity index is 816. The second-order valence-electron chi connectivity index (χ2n) is 6.61. The SMILES string of the molecule is CCOC(=O)N1CCN(C(=O)c2ccc(NCc3ccc(OC)cc3)cn2)CC1. The van der Waals surface area contributed by atoms with Crippen LogP contribution < -0.4 is 10.1 Å². The molecule has 0 bridgehead atoms. The van der Waals surface area contributed by atoms with Gasteiger partial charge in [0.25, 0.3) is 5.91 Å². The lowest BCUT2D eigenvalue weighted by molar-refractivity contribution is 0.0566. The smallest absolute Gasteiger partial charge is 0.409 e. The highest BCUT2D eigenvalue weighted by molar-refractivity contribution is 5.92. The molecule has 1 N–H and O–H groups in total. The normalized spacial score (nSPS) is 13.7. The third-order valence-corrected chi connectivity index (χ3v) is 4.73. The van der Waals surface area contributed by atoms with E-state index in [4.69, 9.17) is 9.47 Å². The molecule has 0 atom stereocenters. The fourth-order valence-corrected chi connectivity index (χ4v) is 3.04. The zero-order chi connectivity index (χ0) is 20.6. The van der Waals surface area contributed by atoms with Crippen LogP contribution in [0.2, 0.25) is 0 Å². The van der Waals surface area contributed by atoms with Crippen LogP contribution in [0.3, 0.4) is 0 Å². The largest absolute Gasteiger partial charge is 0.497 e. The Kier molecular flexibility index (Phi) is 6.89. The molecule has 8 heteroatoms. The molecule has 2 heterocycles. The van der Waals surface area contributed by atoms with Crippen molar-refractivity contribution in [3.8, 4) is 5.75 Å². The van der Waals surface area contributed by atoms with Gasteiger partial charge in [0, 0.05) is 32.7 Å². The van der Waals surface area contributed by atoms with E-state index in [1.807, 2.05) is 30.3 Å². The van der Waals surface area contributed by atoms with Crippen LogP contribution in [-0.4, -0.2) is 66.7 Å².